The summed E-state index contributed by atoms with van der Waals surface area (Å²) in [6, 6.07) is 2.08. The summed E-state index contributed by atoms with van der Waals surface area (Å²) >= 11 is 0. The van der Waals surface area contributed by atoms with Crippen molar-refractivity contribution >= 4 is 11.6 Å². The second kappa shape index (κ2) is 6.18. The van der Waals surface area contributed by atoms with E-state index in [0.717, 1.165) is 17.0 Å². The third-order valence-corrected chi connectivity index (χ3v) is 3.37. The van der Waals surface area contributed by atoms with E-state index < -0.39 is 0 Å². The van der Waals surface area contributed by atoms with Crippen molar-refractivity contribution in [3.05, 3.63) is 41.4 Å². The molecule has 6 nitrogen and oxygen atoms in total. The highest BCUT2D eigenvalue weighted by Gasteiger charge is 2.14. The summed E-state index contributed by atoms with van der Waals surface area (Å²) in [6.45, 7) is 7.84. The Balaban J connectivity index is 2.27. The van der Waals surface area contributed by atoms with Crippen LogP contribution in [0.2, 0.25) is 0 Å². The molecule has 0 bridgehead atoms. The normalized spacial score (nSPS) is 10.3. The van der Waals surface area contributed by atoms with Gasteiger partial charge in [-0.05, 0) is 25.8 Å². The van der Waals surface area contributed by atoms with Gasteiger partial charge in [-0.3, -0.25) is 4.79 Å². The topological polar surface area (TPSA) is 83.1 Å². The van der Waals surface area contributed by atoms with E-state index >= 15 is 0 Å². The molecule has 0 atom stereocenters. The molecular weight excluding hydrogens is 266 g/mol. The number of nitrogens with zero attached hydrogens (tertiary/aromatic N) is 4. The summed E-state index contributed by atoms with van der Waals surface area (Å²) in [7, 11) is 0. The number of carbonyl (C=O) groups is 1. The van der Waals surface area contributed by atoms with Gasteiger partial charge in [0.2, 0.25) is 5.91 Å². The van der Waals surface area contributed by atoms with Gasteiger partial charge in [0, 0.05) is 24.4 Å². The number of hydrogen-bond acceptors (Lipinski definition) is 4. The highest BCUT2D eigenvalue weighted by atomic mass is 16.1. The predicted molar refractivity (Wildman–Crippen MR) is 78.7 cm³/mol. The molecule has 0 unspecified atom stereocenters. The summed E-state index contributed by atoms with van der Waals surface area (Å²) in [6.07, 6.45) is 4.13. The first kappa shape index (κ1) is 14.7. The highest BCUT2D eigenvalue weighted by molar-refractivity contribution is 5.76. The van der Waals surface area contributed by atoms with Crippen LogP contribution in [0.1, 0.15) is 28.9 Å². The van der Waals surface area contributed by atoms with Crippen molar-refractivity contribution in [3.8, 4) is 6.07 Å². The fourth-order valence-electron chi connectivity index (χ4n) is 2.26. The Morgan fingerprint density at radius 1 is 1.57 bits per heavy atom. The maximum Gasteiger partial charge on any atom is 0.220 e. The summed E-state index contributed by atoms with van der Waals surface area (Å²) in [4.78, 5) is 16.1. The van der Waals surface area contributed by atoms with Crippen molar-refractivity contribution in [3.63, 3.8) is 0 Å². The SMILES string of the molecule is C=CCNC(=O)CCc1c(C)nc2c(C#N)cnn2c1C. The number of hydrogen-bond donors (Lipinski definition) is 1. The van der Waals surface area contributed by atoms with Crippen LogP contribution in [0.4, 0.5) is 0 Å². The Morgan fingerprint density at radius 3 is 3.00 bits per heavy atom. The summed E-state index contributed by atoms with van der Waals surface area (Å²) in [5, 5.41) is 16.0. The quantitative estimate of drug-likeness (QED) is 0.842. The fraction of sp³-hybridized carbons (Fsp3) is 0.333. The van der Waals surface area contributed by atoms with Crippen molar-refractivity contribution in [2.24, 2.45) is 0 Å². The van der Waals surface area contributed by atoms with E-state index in [0.29, 0.717) is 30.6 Å². The molecule has 2 aromatic heterocycles. The maximum atomic E-state index is 11.7. The molecule has 1 N–H and O–H groups in total. The molecule has 0 aliphatic rings. The first-order valence-electron chi connectivity index (χ1n) is 6.70. The van der Waals surface area contributed by atoms with Gasteiger partial charge >= 0.3 is 0 Å². The fourth-order valence-corrected chi connectivity index (χ4v) is 2.26. The number of fused-ring (bicyclic) bond motifs is 1. The van der Waals surface area contributed by atoms with Gasteiger partial charge in [0.05, 0.1) is 6.20 Å². The smallest absolute Gasteiger partial charge is 0.220 e. The summed E-state index contributed by atoms with van der Waals surface area (Å²) < 4.78 is 1.66. The molecule has 2 aromatic rings. The molecule has 21 heavy (non-hydrogen) atoms. The molecule has 0 saturated heterocycles. The minimum atomic E-state index is -0.0213. The Morgan fingerprint density at radius 2 is 2.33 bits per heavy atom. The number of rotatable bonds is 5. The van der Waals surface area contributed by atoms with Gasteiger partial charge in [-0.25, -0.2) is 9.50 Å². The summed E-state index contributed by atoms with van der Waals surface area (Å²) in [5.74, 6) is -0.0213. The lowest BCUT2D eigenvalue weighted by Gasteiger charge is -2.11. The maximum absolute atomic E-state index is 11.7. The van der Waals surface area contributed by atoms with Crippen LogP contribution in [0.3, 0.4) is 0 Å². The second-order valence-electron chi connectivity index (χ2n) is 4.76. The molecule has 0 radical (unpaired) electrons. The number of aromatic nitrogens is 3. The molecule has 1 amide bonds. The van der Waals surface area contributed by atoms with E-state index in [4.69, 9.17) is 5.26 Å². The van der Waals surface area contributed by atoms with Crippen LogP contribution in [-0.4, -0.2) is 27.0 Å². The van der Waals surface area contributed by atoms with Gasteiger partial charge in [-0.1, -0.05) is 6.08 Å². The Bertz CT molecular complexity index is 739. The number of carbonyl (C=O) groups excluding carboxylic acids is 1. The van der Waals surface area contributed by atoms with E-state index in [1.54, 1.807) is 10.6 Å². The minimum absolute atomic E-state index is 0.0213. The molecule has 0 aromatic carbocycles. The largest absolute Gasteiger partial charge is 0.353 e. The monoisotopic (exact) mass is 283 g/mol. The average molecular weight is 283 g/mol. The molecule has 0 saturated carbocycles. The molecule has 2 heterocycles. The Kier molecular flexibility index (Phi) is 4.33. The number of nitrogens with one attached hydrogen (secondary N) is 1. The van der Waals surface area contributed by atoms with Crippen molar-refractivity contribution in [2.75, 3.05) is 6.54 Å². The molecule has 6 heteroatoms. The van der Waals surface area contributed by atoms with Gasteiger partial charge in [0.1, 0.15) is 11.6 Å². The van der Waals surface area contributed by atoms with Crippen LogP contribution in [0, 0.1) is 25.2 Å². The molecule has 0 spiro atoms. The van der Waals surface area contributed by atoms with E-state index in [1.807, 2.05) is 13.8 Å². The third-order valence-electron chi connectivity index (χ3n) is 3.37. The predicted octanol–water partition coefficient (Wildman–Crippen LogP) is 1.45. The molecule has 108 valence electrons. The summed E-state index contributed by atoms with van der Waals surface area (Å²) in [5.41, 5.74) is 3.75. The lowest BCUT2D eigenvalue weighted by Crippen LogP contribution is -2.23. The van der Waals surface area contributed by atoms with Crippen LogP contribution >= 0.6 is 0 Å². The van der Waals surface area contributed by atoms with Crippen LogP contribution in [0.15, 0.2) is 18.9 Å². The number of aryl methyl sites for hydroxylation is 2. The third kappa shape index (κ3) is 2.92. The molecule has 2 rings (SSSR count). The number of amides is 1. The van der Waals surface area contributed by atoms with Gasteiger partial charge in [-0.15, -0.1) is 6.58 Å². The van der Waals surface area contributed by atoms with Crippen LogP contribution in [0.25, 0.3) is 5.65 Å². The van der Waals surface area contributed by atoms with E-state index in [1.165, 1.54) is 6.20 Å². The van der Waals surface area contributed by atoms with Gasteiger partial charge in [0.25, 0.3) is 0 Å². The van der Waals surface area contributed by atoms with E-state index in [2.05, 4.69) is 28.0 Å². The lowest BCUT2D eigenvalue weighted by atomic mass is 10.1. The van der Waals surface area contributed by atoms with Gasteiger partial charge in [0.15, 0.2) is 5.65 Å². The molecule has 0 aliphatic carbocycles. The van der Waals surface area contributed by atoms with Crippen LogP contribution in [-0.2, 0) is 11.2 Å². The first-order chi connectivity index (χ1) is 10.1. The zero-order chi connectivity index (χ0) is 15.4. The average Bonchev–Trinajstić information content (AvgIpc) is 2.87. The van der Waals surface area contributed by atoms with Gasteiger partial charge in [-0.2, -0.15) is 10.4 Å². The van der Waals surface area contributed by atoms with Crippen LogP contribution < -0.4 is 5.32 Å². The second-order valence-corrected chi connectivity index (χ2v) is 4.76. The highest BCUT2D eigenvalue weighted by Crippen LogP contribution is 2.18. The molecular formula is C15H17N5O. The molecule has 0 aliphatic heterocycles. The number of nitriles is 1. The van der Waals surface area contributed by atoms with Crippen molar-refractivity contribution in [2.45, 2.75) is 26.7 Å². The lowest BCUT2D eigenvalue weighted by molar-refractivity contribution is -0.120. The first-order valence-corrected chi connectivity index (χ1v) is 6.70. The molecule has 0 fully saturated rings. The van der Waals surface area contributed by atoms with E-state index in [9.17, 15) is 4.79 Å². The standard InChI is InChI=1S/C15H17N5O/c1-4-7-17-14(21)6-5-13-10(2)19-15-12(8-16)9-18-20(15)11(13)3/h4,9H,1,5-7H2,2-3H3,(H,17,21). The van der Waals surface area contributed by atoms with Crippen molar-refractivity contribution in [1.82, 2.24) is 19.9 Å². The van der Waals surface area contributed by atoms with Crippen molar-refractivity contribution in [1.29, 1.82) is 5.26 Å². The zero-order valence-corrected chi connectivity index (χ0v) is 12.2. The van der Waals surface area contributed by atoms with Gasteiger partial charge < -0.3 is 5.32 Å². The Hall–Kier alpha value is -2.68. The van der Waals surface area contributed by atoms with Crippen molar-refractivity contribution < 1.29 is 4.79 Å². The van der Waals surface area contributed by atoms with E-state index in [-0.39, 0.29) is 5.91 Å². The Labute approximate surface area is 123 Å². The minimum Gasteiger partial charge on any atom is -0.353 e. The van der Waals surface area contributed by atoms with Crippen LogP contribution in [0.5, 0.6) is 0 Å². The zero-order valence-electron chi connectivity index (χ0n) is 12.2.